The number of rotatable bonds is 5. The minimum atomic E-state index is -4.22. The summed E-state index contributed by atoms with van der Waals surface area (Å²) in [7, 11) is -3.10. The number of anilines is 1. The van der Waals surface area contributed by atoms with Crippen LogP contribution in [0.4, 0.5) is 5.82 Å². The van der Waals surface area contributed by atoms with Gasteiger partial charge in [0.2, 0.25) is 0 Å². The fourth-order valence-corrected chi connectivity index (χ4v) is 4.32. The Balaban J connectivity index is 1.76. The molecule has 2 saturated heterocycles. The van der Waals surface area contributed by atoms with Gasteiger partial charge < -0.3 is 20.1 Å². The smallest absolute Gasteiger partial charge is 0.382 e. The van der Waals surface area contributed by atoms with E-state index in [9.17, 15) is 9.46 Å². The van der Waals surface area contributed by atoms with Gasteiger partial charge in [-0.2, -0.15) is 0 Å². The summed E-state index contributed by atoms with van der Waals surface area (Å²) in [6.45, 7) is 2.38. The molecule has 2 aliphatic rings. The molecule has 2 aromatic heterocycles. The van der Waals surface area contributed by atoms with E-state index in [1.54, 1.807) is 10.9 Å². The summed E-state index contributed by atoms with van der Waals surface area (Å²) >= 11 is 0. The second kappa shape index (κ2) is 6.22. The summed E-state index contributed by atoms with van der Waals surface area (Å²) in [5, 5.41) is 0. The normalized spacial score (nSPS) is 33.4. The van der Waals surface area contributed by atoms with Gasteiger partial charge in [-0.25, -0.2) is 19.5 Å². The van der Waals surface area contributed by atoms with E-state index in [2.05, 4.69) is 19.5 Å². The van der Waals surface area contributed by atoms with E-state index < -0.39 is 31.9 Å². The molecule has 0 radical (unpaired) electrons. The molecule has 4 rings (SSSR count). The van der Waals surface area contributed by atoms with Crippen molar-refractivity contribution in [1.82, 2.24) is 19.5 Å². The van der Waals surface area contributed by atoms with E-state index in [1.807, 2.05) is 6.92 Å². The van der Waals surface area contributed by atoms with Crippen molar-refractivity contribution in [3.63, 3.8) is 0 Å². The lowest BCUT2D eigenvalue weighted by Crippen LogP contribution is -2.49. The Bertz CT molecular complexity index is 877. The van der Waals surface area contributed by atoms with Gasteiger partial charge >= 0.3 is 7.82 Å². The highest BCUT2D eigenvalue weighted by atomic mass is 31.2. The number of nitrogens with zero attached hydrogens (tertiary/aromatic N) is 4. The molecule has 0 saturated carbocycles. The van der Waals surface area contributed by atoms with Gasteiger partial charge in [0.05, 0.1) is 12.9 Å². The number of ether oxygens (including phenoxy) is 2. The predicted molar refractivity (Wildman–Crippen MR) is 88.9 cm³/mol. The van der Waals surface area contributed by atoms with Crippen LogP contribution in [-0.4, -0.2) is 55.9 Å². The number of nitrogen functional groups attached to an aromatic ring is 1. The first-order valence-corrected chi connectivity index (χ1v) is 9.69. The number of fused-ring (bicyclic) bond motifs is 3. The third-order valence-corrected chi connectivity index (χ3v) is 5.98. The molecular weight excluding hydrogens is 365 g/mol. The topological polar surface area (TPSA) is 144 Å². The Morgan fingerprint density at radius 3 is 3.04 bits per heavy atom. The number of phosphoric acid groups is 1. The van der Waals surface area contributed by atoms with Crippen LogP contribution in [0, 0.1) is 0 Å². The largest absolute Gasteiger partial charge is 0.472 e. The molecule has 26 heavy (non-hydrogen) atoms. The summed E-state index contributed by atoms with van der Waals surface area (Å²) in [5.41, 5.74) is 6.01. The number of phosphoric ester groups is 1. The minimum Gasteiger partial charge on any atom is -0.382 e. The van der Waals surface area contributed by atoms with Crippen LogP contribution < -0.4 is 5.73 Å². The summed E-state index contributed by atoms with van der Waals surface area (Å²) in [6, 6.07) is 0. The van der Waals surface area contributed by atoms with E-state index in [0.29, 0.717) is 30.6 Å². The molecule has 2 fully saturated rings. The van der Waals surface area contributed by atoms with Crippen LogP contribution in [0.25, 0.3) is 11.2 Å². The van der Waals surface area contributed by atoms with Crippen molar-refractivity contribution in [1.29, 1.82) is 0 Å². The zero-order chi connectivity index (χ0) is 18.5. The molecule has 12 heteroatoms. The molecular formula is C14H20N5O6P. The fraction of sp³-hybridized carbons (Fsp3) is 0.643. The van der Waals surface area contributed by atoms with Gasteiger partial charge in [-0.05, 0) is 6.42 Å². The number of hydrogen-bond donors (Lipinski definition) is 2. The van der Waals surface area contributed by atoms with Crippen molar-refractivity contribution in [3.8, 4) is 0 Å². The van der Waals surface area contributed by atoms with Crippen LogP contribution in [0.1, 0.15) is 26.0 Å². The zero-order valence-electron chi connectivity index (χ0n) is 14.3. The molecule has 5 atom stereocenters. The summed E-state index contributed by atoms with van der Waals surface area (Å²) < 4.78 is 35.9. The fourth-order valence-electron chi connectivity index (χ4n) is 3.64. The van der Waals surface area contributed by atoms with Crippen LogP contribution in [0.2, 0.25) is 0 Å². The van der Waals surface area contributed by atoms with E-state index in [-0.39, 0.29) is 5.82 Å². The molecule has 0 aliphatic carbocycles. The van der Waals surface area contributed by atoms with Crippen molar-refractivity contribution >= 4 is 24.8 Å². The number of aromatic nitrogens is 4. The maximum Gasteiger partial charge on any atom is 0.472 e. The standard InChI is InChI=1S/C14H20N5O6P/c1-3-14-4-5-23-9(10(14)25-26(20,21)22-2)13(24-14)19-7-18-8-11(15)16-6-17-12(8)19/h6-7,9-10,13H,3-5H2,1-2H3,(H,20,21)(H2,15,16,17)/t9?,10?,13-,14+/m1/s1. The van der Waals surface area contributed by atoms with Crippen LogP contribution >= 0.6 is 7.82 Å². The Hall–Kier alpha value is -1.62. The molecule has 0 spiro atoms. The number of hydrogen-bond acceptors (Lipinski definition) is 9. The molecule has 0 aromatic carbocycles. The van der Waals surface area contributed by atoms with Gasteiger partial charge in [0.1, 0.15) is 29.7 Å². The Morgan fingerprint density at radius 2 is 2.31 bits per heavy atom. The molecule has 11 nitrogen and oxygen atoms in total. The van der Waals surface area contributed by atoms with Gasteiger partial charge in [-0.3, -0.25) is 13.6 Å². The van der Waals surface area contributed by atoms with Crippen LogP contribution in [0.3, 0.4) is 0 Å². The lowest BCUT2D eigenvalue weighted by atomic mass is 9.87. The van der Waals surface area contributed by atoms with E-state index in [1.165, 1.54) is 6.33 Å². The molecule has 3 N–H and O–H groups in total. The lowest BCUT2D eigenvalue weighted by Gasteiger charge is -2.37. The molecule has 2 aromatic rings. The highest BCUT2D eigenvalue weighted by molar-refractivity contribution is 7.47. The molecule has 4 heterocycles. The Kier molecular flexibility index (Phi) is 4.25. The van der Waals surface area contributed by atoms with Gasteiger partial charge in [0.15, 0.2) is 17.7 Å². The zero-order valence-corrected chi connectivity index (χ0v) is 15.2. The monoisotopic (exact) mass is 385 g/mol. The highest BCUT2D eigenvalue weighted by Gasteiger charge is 2.60. The first kappa shape index (κ1) is 17.8. The lowest BCUT2D eigenvalue weighted by molar-refractivity contribution is -0.120. The molecule has 2 aliphatic heterocycles. The summed E-state index contributed by atoms with van der Waals surface area (Å²) in [4.78, 5) is 22.2. The van der Waals surface area contributed by atoms with E-state index in [4.69, 9.17) is 19.7 Å². The van der Waals surface area contributed by atoms with Crippen molar-refractivity contribution in [2.45, 2.75) is 43.8 Å². The summed E-state index contributed by atoms with van der Waals surface area (Å²) in [5.74, 6) is 0.257. The van der Waals surface area contributed by atoms with Crippen LogP contribution in [-0.2, 0) is 23.1 Å². The van der Waals surface area contributed by atoms with E-state index in [0.717, 1.165) is 7.11 Å². The summed E-state index contributed by atoms with van der Waals surface area (Å²) in [6.07, 6.45) is 1.93. The van der Waals surface area contributed by atoms with Crippen molar-refractivity contribution in [2.75, 3.05) is 19.5 Å². The average Bonchev–Trinajstić information content (AvgIpc) is 3.11. The first-order valence-electron chi connectivity index (χ1n) is 8.20. The van der Waals surface area contributed by atoms with Crippen LogP contribution in [0.5, 0.6) is 0 Å². The van der Waals surface area contributed by atoms with E-state index >= 15 is 0 Å². The SMILES string of the molecule is CC[C@]12CCOC(C1OP(=O)(O)OC)[C@H](n1cnc3c(N)ncnc31)O2. The molecule has 142 valence electrons. The molecule has 3 unspecified atom stereocenters. The molecule has 2 bridgehead atoms. The second-order valence-corrected chi connectivity index (χ2v) is 7.79. The minimum absolute atomic E-state index is 0.257. The number of nitrogens with two attached hydrogens (primary N) is 1. The van der Waals surface area contributed by atoms with Gasteiger partial charge in [0.25, 0.3) is 0 Å². The number of imidazole rings is 1. The van der Waals surface area contributed by atoms with Crippen LogP contribution in [0.15, 0.2) is 12.7 Å². The van der Waals surface area contributed by atoms with Gasteiger partial charge in [-0.1, -0.05) is 6.92 Å². The first-order chi connectivity index (χ1) is 12.4. The third-order valence-electron chi connectivity index (χ3n) is 5.03. The second-order valence-electron chi connectivity index (χ2n) is 6.27. The third kappa shape index (κ3) is 2.63. The van der Waals surface area contributed by atoms with Crippen molar-refractivity contribution in [2.24, 2.45) is 0 Å². The molecule has 0 amide bonds. The maximum atomic E-state index is 12.0. The quantitative estimate of drug-likeness (QED) is 0.715. The van der Waals surface area contributed by atoms with Crippen molar-refractivity contribution in [3.05, 3.63) is 12.7 Å². The van der Waals surface area contributed by atoms with Gasteiger partial charge in [0, 0.05) is 13.5 Å². The Labute approximate surface area is 149 Å². The van der Waals surface area contributed by atoms with Crippen molar-refractivity contribution < 1.29 is 28.0 Å². The Morgan fingerprint density at radius 1 is 1.50 bits per heavy atom. The van der Waals surface area contributed by atoms with Gasteiger partial charge in [-0.15, -0.1) is 0 Å². The maximum absolute atomic E-state index is 12.0. The average molecular weight is 385 g/mol. The predicted octanol–water partition coefficient (Wildman–Crippen LogP) is 1.01. The highest BCUT2D eigenvalue weighted by Crippen LogP contribution is 2.54.